The fourth-order valence-corrected chi connectivity index (χ4v) is 2.65. The second-order valence-electron chi connectivity index (χ2n) is 6.26. The van der Waals surface area contributed by atoms with Gasteiger partial charge in [0.1, 0.15) is 0 Å². The number of amides is 1. The summed E-state index contributed by atoms with van der Waals surface area (Å²) in [7, 11) is 0. The van der Waals surface area contributed by atoms with Gasteiger partial charge in [-0.3, -0.25) is 4.79 Å². The molecular formula is C18H22N4O. The van der Waals surface area contributed by atoms with Gasteiger partial charge in [-0.2, -0.15) is 0 Å². The van der Waals surface area contributed by atoms with E-state index in [9.17, 15) is 4.79 Å². The van der Waals surface area contributed by atoms with Gasteiger partial charge in [-0.05, 0) is 37.8 Å². The summed E-state index contributed by atoms with van der Waals surface area (Å²) in [5.74, 6) is 1.29. The highest BCUT2D eigenvalue weighted by atomic mass is 16.1. The van der Waals surface area contributed by atoms with Crippen LogP contribution < -0.4 is 10.2 Å². The quantitative estimate of drug-likeness (QED) is 0.945. The fraction of sp³-hybridized carbons (Fsp3) is 0.389. The van der Waals surface area contributed by atoms with E-state index >= 15 is 0 Å². The van der Waals surface area contributed by atoms with Gasteiger partial charge in [0.15, 0.2) is 0 Å². The Morgan fingerprint density at radius 2 is 1.74 bits per heavy atom. The number of carbonyl (C=O) groups excluding carboxylic acids is 1. The number of anilines is 2. The Morgan fingerprint density at radius 3 is 2.35 bits per heavy atom. The zero-order valence-corrected chi connectivity index (χ0v) is 13.6. The molecule has 23 heavy (non-hydrogen) atoms. The molecule has 2 heterocycles. The Bertz CT molecular complexity index is 658. The van der Waals surface area contributed by atoms with Gasteiger partial charge in [-0.15, -0.1) is 0 Å². The van der Waals surface area contributed by atoms with Crippen molar-refractivity contribution in [2.45, 2.75) is 26.7 Å². The first-order valence-corrected chi connectivity index (χ1v) is 8.07. The number of benzene rings is 1. The van der Waals surface area contributed by atoms with E-state index in [2.05, 4.69) is 27.1 Å². The molecule has 1 N–H and O–H groups in total. The Kier molecular flexibility index (Phi) is 4.55. The molecule has 0 saturated carbocycles. The van der Waals surface area contributed by atoms with Crippen LogP contribution in [0.3, 0.4) is 0 Å². The lowest BCUT2D eigenvalue weighted by Crippen LogP contribution is -2.34. The molecule has 1 fully saturated rings. The van der Waals surface area contributed by atoms with E-state index in [0.29, 0.717) is 11.5 Å². The van der Waals surface area contributed by atoms with Gasteiger partial charge in [-0.1, -0.05) is 24.6 Å². The number of carbonyl (C=O) groups is 1. The molecule has 0 bridgehead atoms. The maximum absolute atomic E-state index is 12.2. The predicted molar refractivity (Wildman–Crippen MR) is 91.8 cm³/mol. The van der Waals surface area contributed by atoms with Gasteiger partial charge >= 0.3 is 0 Å². The third-order valence-corrected chi connectivity index (χ3v) is 4.28. The van der Waals surface area contributed by atoms with E-state index in [1.54, 1.807) is 12.4 Å². The highest BCUT2D eigenvalue weighted by Gasteiger charge is 2.18. The number of nitrogens with zero attached hydrogens (tertiary/aromatic N) is 3. The molecule has 0 unspecified atom stereocenters. The van der Waals surface area contributed by atoms with E-state index in [-0.39, 0.29) is 5.91 Å². The summed E-state index contributed by atoms with van der Waals surface area (Å²) in [6.07, 6.45) is 5.53. The first-order chi connectivity index (χ1) is 11.1. The molecule has 0 spiro atoms. The molecule has 0 atom stereocenters. The minimum atomic E-state index is -0.187. The Hall–Kier alpha value is -2.43. The van der Waals surface area contributed by atoms with Crippen molar-refractivity contribution >= 4 is 17.5 Å². The lowest BCUT2D eigenvalue weighted by molar-refractivity contribution is 0.102. The van der Waals surface area contributed by atoms with Crippen LogP contribution in [0.4, 0.5) is 11.6 Å². The van der Waals surface area contributed by atoms with E-state index in [1.165, 1.54) is 12.8 Å². The van der Waals surface area contributed by atoms with Crippen LogP contribution in [0.1, 0.15) is 35.7 Å². The number of hydrogen-bond donors (Lipinski definition) is 1. The van der Waals surface area contributed by atoms with Crippen molar-refractivity contribution in [3.8, 4) is 0 Å². The molecule has 5 nitrogen and oxygen atoms in total. The molecule has 0 radical (unpaired) electrons. The summed E-state index contributed by atoms with van der Waals surface area (Å²) in [6.45, 7) is 6.25. The fourth-order valence-electron chi connectivity index (χ4n) is 2.65. The van der Waals surface area contributed by atoms with Gasteiger partial charge in [0, 0.05) is 31.2 Å². The first kappa shape index (κ1) is 15.5. The van der Waals surface area contributed by atoms with Crippen molar-refractivity contribution in [1.82, 2.24) is 9.97 Å². The molecule has 1 aliphatic heterocycles. The lowest BCUT2D eigenvalue weighted by Gasteiger charge is -2.30. The second-order valence-corrected chi connectivity index (χ2v) is 6.26. The standard InChI is InChI=1S/C18H22N4O/c1-13-3-5-16(6-4-13)21-17(23)15-11-19-18(20-12-15)22-9-7-14(2)8-10-22/h3-6,11-12,14H,7-10H2,1-2H3,(H,21,23). The summed E-state index contributed by atoms with van der Waals surface area (Å²) in [5, 5.41) is 2.86. The zero-order chi connectivity index (χ0) is 16.2. The van der Waals surface area contributed by atoms with E-state index < -0.39 is 0 Å². The van der Waals surface area contributed by atoms with E-state index in [4.69, 9.17) is 0 Å². The van der Waals surface area contributed by atoms with E-state index in [1.807, 2.05) is 31.2 Å². The highest BCUT2D eigenvalue weighted by Crippen LogP contribution is 2.19. The third kappa shape index (κ3) is 3.86. The smallest absolute Gasteiger partial charge is 0.258 e. The number of piperidine rings is 1. The molecule has 1 aromatic heterocycles. The Labute approximate surface area is 136 Å². The van der Waals surface area contributed by atoms with Crippen LogP contribution in [0, 0.1) is 12.8 Å². The monoisotopic (exact) mass is 310 g/mol. The Balaban J connectivity index is 1.64. The van der Waals surface area contributed by atoms with Crippen molar-refractivity contribution in [2.75, 3.05) is 23.3 Å². The number of nitrogens with one attached hydrogen (secondary N) is 1. The summed E-state index contributed by atoms with van der Waals surface area (Å²) in [6, 6.07) is 7.70. The van der Waals surface area contributed by atoms with Crippen LogP contribution >= 0.6 is 0 Å². The summed E-state index contributed by atoms with van der Waals surface area (Å²) >= 11 is 0. The molecular weight excluding hydrogens is 288 g/mol. The number of aromatic nitrogens is 2. The van der Waals surface area contributed by atoms with Gasteiger partial charge in [0.2, 0.25) is 5.95 Å². The van der Waals surface area contributed by atoms with Crippen LogP contribution in [0.2, 0.25) is 0 Å². The molecule has 1 aromatic carbocycles. The predicted octanol–water partition coefficient (Wildman–Crippen LogP) is 3.27. The van der Waals surface area contributed by atoms with Crippen LogP contribution in [-0.4, -0.2) is 29.0 Å². The topological polar surface area (TPSA) is 58.1 Å². The highest BCUT2D eigenvalue weighted by molar-refractivity contribution is 6.03. The van der Waals surface area contributed by atoms with Crippen LogP contribution in [0.5, 0.6) is 0 Å². The largest absolute Gasteiger partial charge is 0.341 e. The van der Waals surface area contributed by atoms with Gasteiger partial charge in [-0.25, -0.2) is 9.97 Å². The molecule has 1 aliphatic rings. The number of aryl methyl sites for hydroxylation is 1. The van der Waals surface area contributed by atoms with E-state index in [0.717, 1.165) is 30.3 Å². The van der Waals surface area contributed by atoms with Gasteiger partial charge in [0.25, 0.3) is 5.91 Å². The molecule has 5 heteroatoms. The first-order valence-electron chi connectivity index (χ1n) is 8.07. The summed E-state index contributed by atoms with van der Waals surface area (Å²) in [5.41, 5.74) is 2.40. The number of rotatable bonds is 3. The molecule has 1 amide bonds. The Morgan fingerprint density at radius 1 is 1.13 bits per heavy atom. The molecule has 3 rings (SSSR count). The minimum Gasteiger partial charge on any atom is -0.341 e. The van der Waals surface area contributed by atoms with Crippen LogP contribution in [0.25, 0.3) is 0 Å². The van der Waals surface area contributed by atoms with Crippen molar-refractivity contribution < 1.29 is 4.79 Å². The SMILES string of the molecule is Cc1ccc(NC(=O)c2cnc(N3CCC(C)CC3)nc2)cc1. The minimum absolute atomic E-state index is 0.187. The maximum Gasteiger partial charge on any atom is 0.258 e. The summed E-state index contributed by atoms with van der Waals surface area (Å²) in [4.78, 5) is 23.1. The average Bonchev–Trinajstić information content (AvgIpc) is 2.58. The number of hydrogen-bond acceptors (Lipinski definition) is 4. The lowest BCUT2D eigenvalue weighted by atomic mass is 10.00. The van der Waals surface area contributed by atoms with Gasteiger partial charge in [0.05, 0.1) is 5.56 Å². The zero-order valence-electron chi connectivity index (χ0n) is 13.6. The van der Waals surface area contributed by atoms with Gasteiger partial charge < -0.3 is 10.2 Å². The maximum atomic E-state index is 12.2. The average molecular weight is 310 g/mol. The van der Waals surface area contributed by atoms with Crippen molar-refractivity contribution in [1.29, 1.82) is 0 Å². The second kappa shape index (κ2) is 6.77. The van der Waals surface area contributed by atoms with Crippen LogP contribution in [-0.2, 0) is 0 Å². The third-order valence-electron chi connectivity index (χ3n) is 4.28. The van der Waals surface area contributed by atoms with Crippen molar-refractivity contribution in [3.63, 3.8) is 0 Å². The normalized spacial score (nSPS) is 15.5. The van der Waals surface area contributed by atoms with Crippen molar-refractivity contribution in [2.24, 2.45) is 5.92 Å². The summed E-state index contributed by atoms with van der Waals surface area (Å²) < 4.78 is 0. The molecule has 0 aliphatic carbocycles. The molecule has 1 saturated heterocycles. The molecule has 2 aromatic rings. The van der Waals surface area contributed by atoms with Crippen LogP contribution in [0.15, 0.2) is 36.7 Å². The van der Waals surface area contributed by atoms with Crippen molar-refractivity contribution in [3.05, 3.63) is 47.8 Å². The molecule has 120 valence electrons.